The second-order valence-electron chi connectivity index (χ2n) is 5.41. The molecule has 0 saturated heterocycles. The second-order valence-corrected chi connectivity index (χ2v) is 5.41. The van der Waals surface area contributed by atoms with Crippen LogP contribution in [-0.4, -0.2) is 37.2 Å². The Morgan fingerprint density at radius 1 is 1.26 bits per heavy atom. The molecule has 0 aromatic heterocycles. The molecule has 2 rings (SSSR count). The van der Waals surface area contributed by atoms with Crippen LogP contribution in [0.1, 0.15) is 31.4 Å². The van der Waals surface area contributed by atoms with Crippen LogP contribution in [0.25, 0.3) is 0 Å². The number of ether oxygens (including phenoxy) is 1. The smallest absolute Gasteiger partial charge is 0.119 e. The van der Waals surface area contributed by atoms with Crippen molar-refractivity contribution in [3.05, 3.63) is 29.3 Å². The Bertz CT molecular complexity index is 429. The van der Waals surface area contributed by atoms with Crippen molar-refractivity contribution in [2.24, 2.45) is 5.73 Å². The molecule has 1 aromatic rings. The van der Waals surface area contributed by atoms with Crippen LogP contribution in [0.15, 0.2) is 18.2 Å². The largest absolute Gasteiger partial charge is 0.497 e. The van der Waals surface area contributed by atoms with Crippen LogP contribution in [0.3, 0.4) is 0 Å². The molecule has 0 aliphatic heterocycles. The molecule has 0 radical (unpaired) electrons. The highest BCUT2D eigenvalue weighted by Gasteiger charge is 2.37. The lowest BCUT2D eigenvalue weighted by Crippen LogP contribution is -2.57. The number of fused-ring (bicyclic) bond motifs is 1. The molecule has 1 unspecified atom stereocenters. The summed E-state index contributed by atoms with van der Waals surface area (Å²) < 4.78 is 5.35. The van der Waals surface area contributed by atoms with E-state index in [1.54, 1.807) is 7.11 Å². The molecule has 1 atom stereocenters. The van der Waals surface area contributed by atoms with E-state index < -0.39 is 0 Å². The number of nitrogens with zero attached hydrogens (tertiary/aromatic N) is 1. The van der Waals surface area contributed by atoms with Gasteiger partial charge < -0.3 is 10.5 Å². The molecule has 0 saturated carbocycles. The van der Waals surface area contributed by atoms with Gasteiger partial charge in [-0.25, -0.2) is 0 Å². The summed E-state index contributed by atoms with van der Waals surface area (Å²) in [7, 11) is 1.73. The highest BCUT2D eigenvalue weighted by atomic mass is 16.5. The monoisotopic (exact) mass is 262 g/mol. The highest BCUT2D eigenvalue weighted by molar-refractivity contribution is 5.39. The van der Waals surface area contributed by atoms with E-state index in [1.165, 1.54) is 11.1 Å². The van der Waals surface area contributed by atoms with Crippen molar-refractivity contribution in [1.82, 2.24) is 4.90 Å². The van der Waals surface area contributed by atoms with Gasteiger partial charge in [0, 0.05) is 12.1 Å². The average molecular weight is 262 g/mol. The van der Waals surface area contributed by atoms with E-state index in [9.17, 15) is 0 Å². The Balaban J connectivity index is 2.32. The van der Waals surface area contributed by atoms with E-state index in [4.69, 9.17) is 10.5 Å². The minimum atomic E-state index is 0.128. The van der Waals surface area contributed by atoms with Crippen molar-refractivity contribution >= 4 is 0 Å². The Morgan fingerprint density at radius 3 is 2.58 bits per heavy atom. The van der Waals surface area contributed by atoms with Crippen LogP contribution >= 0.6 is 0 Å². The number of benzene rings is 1. The van der Waals surface area contributed by atoms with E-state index in [-0.39, 0.29) is 5.54 Å². The van der Waals surface area contributed by atoms with Crippen molar-refractivity contribution in [2.75, 3.05) is 26.7 Å². The number of methoxy groups -OCH3 is 1. The predicted molar refractivity (Wildman–Crippen MR) is 79.7 cm³/mol. The first kappa shape index (κ1) is 14.4. The summed E-state index contributed by atoms with van der Waals surface area (Å²) in [5.74, 6) is 0.950. The predicted octanol–water partition coefficient (Wildman–Crippen LogP) is 2.22. The maximum atomic E-state index is 6.15. The van der Waals surface area contributed by atoms with Crippen molar-refractivity contribution in [3.63, 3.8) is 0 Å². The number of aryl methyl sites for hydroxylation is 1. The SMILES string of the molecule is CCN(CC)C1(CN)CCc2ccc(OC)cc2C1. The van der Waals surface area contributed by atoms with Gasteiger partial charge in [0.25, 0.3) is 0 Å². The lowest BCUT2D eigenvalue weighted by Gasteiger charge is -2.46. The Kier molecular flexibility index (Phi) is 4.48. The van der Waals surface area contributed by atoms with Crippen LogP contribution in [-0.2, 0) is 12.8 Å². The number of rotatable bonds is 5. The molecule has 0 bridgehead atoms. The first-order chi connectivity index (χ1) is 9.19. The number of nitrogens with two attached hydrogens (primary N) is 1. The summed E-state index contributed by atoms with van der Waals surface area (Å²) in [5, 5.41) is 0. The average Bonchev–Trinajstić information content (AvgIpc) is 2.47. The van der Waals surface area contributed by atoms with Crippen LogP contribution in [0.4, 0.5) is 0 Å². The van der Waals surface area contributed by atoms with Crippen molar-refractivity contribution in [1.29, 1.82) is 0 Å². The first-order valence-electron chi connectivity index (χ1n) is 7.30. The molecule has 1 aliphatic rings. The number of hydrogen-bond donors (Lipinski definition) is 1. The van der Waals surface area contributed by atoms with E-state index in [2.05, 4.69) is 36.9 Å². The van der Waals surface area contributed by atoms with Gasteiger partial charge in [0.05, 0.1) is 7.11 Å². The molecule has 0 amide bonds. The van der Waals surface area contributed by atoms with E-state index in [0.717, 1.165) is 44.6 Å². The standard InChI is InChI=1S/C16H26N2O/c1-4-18(5-2)16(12-17)9-8-13-6-7-15(19-3)10-14(13)11-16/h6-7,10H,4-5,8-9,11-12,17H2,1-3H3. The van der Waals surface area contributed by atoms with Crippen molar-refractivity contribution in [3.8, 4) is 5.75 Å². The maximum absolute atomic E-state index is 6.15. The van der Waals surface area contributed by atoms with Crippen LogP contribution in [0, 0.1) is 0 Å². The zero-order valence-corrected chi connectivity index (χ0v) is 12.4. The summed E-state index contributed by atoms with van der Waals surface area (Å²) in [6, 6.07) is 6.45. The van der Waals surface area contributed by atoms with Gasteiger partial charge in [0.15, 0.2) is 0 Å². The van der Waals surface area contributed by atoms with Crippen LogP contribution in [0.2, 0.25) is 0 Å². The minimum absolute atomic E-state index is 0.128. The summed E-state index contributed by atoms with van der Waals surface area (Å²) in [6.07, 6.45) is 3.31. The van der Waals surface area contributed by atoms with Crippen molar-refractivity contribution < 1.29 is 4.74 Å². The summed E-state index contributed by atoms with van der Waals surface area (Å²) in [5.41, 5.74) is 9.13. The molecule has 1 aliphatic carbocycles. The third-order valence-corrected chi connectivity index (χ3v) is 4.61. The molecule has 0 fully saturated rings. The lowest BCUT2D eigenvalue weighted by atomic mass is 9.76. The van der Waals surface area contributed by atoms with Gasteiger partial charge in [0.1, 0.15) is 5.75 Å². The second kappa shape index (κ2) is 5.93. The summed E-state index contributed by atoms with van der Waals surface area (Å²) >= 11 is 0. The minimum Gasteiger partial charge on any atom is -0.497 e. The van der Waals surface area contributed by atoms with Crippen molar-refractivity contribution in [2.45, 2.75) is 38.6 Å². The molecule has 1 aromatic carbocycles. The number of hydrogen-bond acceptors (Lipinski definition) is 3. The lowest BCUT2D eigenvalue weighted by molar-refractivity contribution is 0.0908. The molecule has 19 heavy (non-hydrogen) atoms. The topological polar surface area (TPSA) is 38.5 Å². The third-order valence-electron chi connectivity index (χ3n) is 4.61. The Hall–Kier alpha value is -1.06. The summed E-state index contributed by atoms with van der Waals surface area (Å²) in [6.45, 7) is 7.30. The number of likely N-dealkylation sites (N-methyl/N-ethyl adjacent to an activating group) is 1. The highest BCUT2D eigenvalue weighted by Crippen LogP contribution is 2.34. The van der Waals surface area contributed by atoms with E-state index in [0.29, 0.717) is 0 Å². The maximum Gasteiger partial charge on any atom is 0.119 e. The molecular weight excluding hydrogens is 236 g/mol. The fraction of sp³-hybridized carbons (Fsp3) is 0.625. The summed E-state index contributed by atoms with van der Waals surface area (Å²) in [4.78, 5) is 2.52. The van der Waals surface area contributed by atoms with Gasteiger partial charge in [0.2, 0.25) is 0 Å². The van der Waals surface area contributed by atoms with Gasteiger partial charge in [-0.3, -0.25) is 4.90 Å². The van der Waals surface area contributed by atoms with Gasteiger partial charge in [-0.05, 0) is 55.6 Å². The molecular formula is C16H26N2O. The van der Waals surface area contributed by atoms with Crippen LogP contribution < -0.4 is 10.5 Å². The van der Waals surface area contributed by atoms with E-state index >= 15 is 0 Å². The molecule has 2 N–H and O–H groups in total. The quantitative estimate of drug-likeness (QED) is 0.884. The van der Waals surface area contributed by atoms with Gasteiger partial charge >= 0.3 is 0 Å². The molecule has 3 nitrogen and oxygen atoms in total. The molecule has 3 heteroatoms. The normalized spacial score (nSPS) is 22.4. The molecule has 0 heterocycles. The Labute approximate surface area is 116 Å². The van der Waals surface area contributed by atoms with Gasteiger partial charge in [-0.1, -0.05) is 19.9 Å². The van der Waals surface area contributed by atoms with Gasteiger partial charge in [-0.2, -0.15) is 0 Å². The fourth-order valence-electron chi connectivity index (χ4n) is 3.42. The van der Waals surface area contributed by atoms with Gasteiger partial charge in [-0.15, -0.1) is 0 Å². The van der Waals surface area contributed by atoms with Crippen LogP contribution in [0.5, 0.6) is 5.75 Å². The Morgan fingerprint density at radius 2 is 2.00 bits per heavy atom. The first-order valence-corrected chi connectivity index (χ1v) is 7.30. The third kappa shape index (κ3) is 2.63. The van der Waals surface area contributed by atoms with E-state index in [1.807, 2.05) is 0 Å². The zero-order valence-electron chi connectivity index (χ0n) is 12.4. The molecule has 0 spiro atoms. The molecule has 106 valence electrons. The zero-order chi connectivity index (χ0) is 13.9. The fourth-order valence-corrected chi connectivity index (χ4v) is 3.42.